The molecule has 0 fully saturated rings. The highest BCUT2D eigenvalue weighted by Gasteiger charge is 2.35. The number of nitrogens with one attached hydrogen (secondary N) is 2. The van der Waals surface area contributed by atoms with Gasteiger partial charge in [-0.15, -0.1) is 0 Å². The van der Waals surface area contributed by atoms with Crippen LogP contribution >= 0.6 is 0 Å². The average molecular weight is 362 g/mol. The van der Waals surface area contributed by atoms with Crippen molar-refractivity contribution < 1.29 is 19.1 Å². The second-order valence-electron chi connectivity index (χ2n) is 7.75. The molecule has 1 aromatic rings. The normalized spacial score (nSPS) is 16.4. The van der Waals surface area contributed by atoms with Gasteiger partial charge >= 0.3 is 6.09 Å². The van der Waals surface area contributed by atoms with Gasteiger partial charge in [0.2, 0.25) is 0 Å². The van der Waals surface area contributed by atoms with Crippen molar-refractivity contribution in [3.05, 3.63) is 29.8 Å². The molecule has 0 bridgehead atoms. The summed E-state index contributed by atoms with van der Waals surface area (Å²) in [6.07, 6.45) is 0.911. The lowest BCUT2D eigenvalue weighted by Gasteiger charge is -2.34. The summed E-state index contributed by atoms with van der Waals surface area (Å²) in [5.41, 5.74) is -0.0533. The highest BCUT2D eigenvalue weighted by Crippen LogP contribution is 2.28. The Bertz CT molecular complexity index is 622. The summed E-state index contributed by atoms with van der Waals surface area (Å²) in [5.74, 6) is 0.606. The summed E-state index contributed by atoms with van der Waals surface area (Å²) in [4.78, 5) is 24.7. The van der Waals surface area contributed by atoms with E-state index >= 15 is 0 Å². The van der Waals surface area contributed by atoms with E-state index < -0.39 is 23.3 Å². The maximum absolute atomic E-state index is 12.7. The van der Waals surface area contributed by atoms with Crippen molar-refractivity contribution >= 4 is 12.0 Å². The first-order chi connectivity index (χ1) is 12.2. The maximum atomic E-state index is 12.7. The molecule has 0 saturated heterocycles. The van der Waals surface area contributed by atoms with E-state index in [1.54, 1.807) is 0 Å². The van der Waals surface area contributed by atoms with Crippen molar-refractivity contribution in [3.63, 3.8) is 0 Å². The van der Waals surface area contributed by atoms with Gasteiger partial charge in [-0.1, -0.05) is 32.0 Å². The van der Waals surface area contributed by atoms with Crippen LogP contribution in [0.25, 0.3) is 0 Å². The monoisotopic (exact) mass is 362 g/mol. The minimum Gasteiger partial charge on any atom is -0.480 e. The smallest absolute Gasteiger partial charge is 0.407 e. The van der Waals surface area contributed by atoms with Crippen molar-refractivity contribution in [3.8, 4) is 5.75 Å². The third-order valence-electron chi connectivity index (χ3n) is 4.65. The lowest BCUT2D eigenvalue weighted by atomic mass is 9.92. The van der Waals surface area contributed by atoms with Gasteiger partial charge in [-0.2, -0.15) is 0 Å². The first-order valence-electron chi connectivity index (χ1n) is 9.21. The number of hydrogen-bond donors (Lipinski definition) is 2. The van der Waals surface area contributed by atoms with Crippen LogP contribution in [-0.2, 0) is 16.0 Å². The van der Waals surface area contributed by atoms with Crippen LogP contribution in [0, 0.1) is 0 Å². The van der Waals surface area contributed by atoms with Gasteiger partial charge in [-0.25, -0.2) is 4.79 Å². The molecule has 1 unspecified atom stereocenters. The lowest BCUT2D eigenvalue weighted by Crippen LogP contribution is -2.58. The lowest BCUT2D eigenvalue weighted by molar-refractivity contribution is -0.129. The van der Waals surface area contributed by atoms with Gasteiger partial charge in [0.1, 0.15) is 11.4 Å². The molecule has 0 saturated carbocycles. The molecule has 26 heavy (non-hydrogen) atoms. The summed E-state index contributed by atoms with van der Waals surface area (Å²) < 4.78 is 11.1. The quantitative estimate of drug-likeness (QED) is 0.815. The summed E-state index contributed by atoms with van der Waals surface area (Å²) in [6, 6.07) is 7.68. The second kappa shape index (κ2) is 7.98. The summed E-state index contributed by atoms with van der Waals surface area (Å²) >= 11 is 0. The Hall–Kier alpha value is -2.24. The number of hydrogen-bond acceptors (Lipinski definition) is 4. The predicted octanol–water partition coefficient (Wildman–Crippen LogP) is 3.19. The Kier molecular flexibility index (Phi) is 6.16. The Morgan fingerprint density at radius 2 is 1.85 bits per heavy atom. The number of amides is 2. The van der Waals surface area contributed by atoms with E-state index in [1.807, 2.05) is 58.9 Å². The number of carbonyl (C=O) groups is 2. The van der Waals surface area contributed by atoms with E-state index in [0.29, 0.717) is 25.8 Å². The van der Waals surface area contributed by atoms with Crippen LogP contribution in [0.3, 0.4) is 0 Å². The zero-order valence-electron chi connectivity index (χ0n) is 16.3. The molecule has 1 aliphatic rings. The summed E-state index contributed by atoms with van der Waals surface area (Å²) in [5, 5.41) is 5.87. The first-order valence-corrected chi connectivity index (χ1v) is 9.21. The minimum absolute atomic E-state index is 0.157. The van der Waals surface area contributed by atoms with Crippen LogP contribution in [0.15, 0.2) is 24.3 Å². The molecule has 2 amide bonds. The van der Waals surface area contributed by atoms with Crippen molar-refractivity contribution in [1.29, 1.82) is 0 Å². The summed E-state index contributed by atoms with van der Waals surface area (Å²) in [7, 11) is 0. The average Bonchev–Trinajstić information content (AvgIpc) is 3.01. The number of para-hydroxylation sites is 1. The van der Waals surface area contributed by atoms with Gasteiger partial charge in [0.25, 0.3) is 5.91 Å². The molecule has 144 valence electrons. The van der Waals surface area contributed by atoms with Crippen LogP contribution < -0.4 is 15.4 Å². The van der Waals surface area contributed by atoms with Gasteiger partial charge in [0.15, 0.2) is 6.10 Å². The Morgan fingerprint density at radius 3 is 2.42 bits per heavy atom. The van der Waals surface area contributed by atoms with E-state index in [2.05, 4.69) is 10.6 Å². The second-order valence-corrected chi connectivity index (χ2v) is 7.75. The molecule has 0 aliphatic carbocycles. The molecule has 6 heteroatoms. The number of alkyl carbamates (subject to hydrolysis) is 1. The molecule has 2 N–H and O–H groups in total. The third-order valence-corrected chi connectivity index (χ3v) is 4.65. The largest absolute Gasteiger partial charge is 0.480 e. The fourth-order valence-corrected chi connectivity index (χ4v) is 2.95. The topological polar surface area (TPSA) is 76.7 Å². The van der Waals surface area contributed by atoms with Crippen LogP contribution in [0.5, 0.6) is 5.75 Å². The number of benzene rings is 1. The zero-order chi connectivity index (χ0) is 19.4. The van der Waals surface area contributed by atoms with Gasteiger partial charge in [-0.3, -0.25) is 4.79 Å². The molecule has 2 rings (SSSR count). The molecule has 1 atom stereocenters. The van der Waals surface area contributed by atoms with Crippen LogP contribution in [0.1, 0.15) is 53.0 Å². The number of fused-ring (bicyclic) bond motifs is 1. The Morgan fingerprint density at radius 1 is 1.19 bits per heavy atom. The van der Waals surface area contributed by atoms with E-state index in [4.69, 9.17) is 9.47 Å². The van der Waals surface area contributed by atoms with Gasteiger partial charge < -0.3 is 20.1 Å². The van der Waals surface area contributed by atoms with Crippen LogP contribution in [-0.4, -0.2) is 35.8 Å². The van der Waals surface area contributed by atoms with Crippen molar-refractivity contribution in [1.82, 2.24) is 10.6 Å². The van der Waals surface area contributed by atoms with Gasteiger partial charge in [0.05, 0.1) is 5.54 Å². The van der Waals surface area contributed by atoms with Gasteiger partial charge in [0, 0.05) is 13.0 Å². The molecule has 6 nitrogen and oxygen atoms in total. The number of carbonyl (C=O) groups excluding carboxylic acids is 2. The molecule has 1 heterocycles. The molecular formula is C20H30N2O4. The minimum atomic E-state index is -0.558. The first kappa shape index (κ1) is 20.1. The van der Waals surface area contributed by atoms with Crippen LogP contribution in [0.4, 0.5) is 4.79 Å². The van der Waals surface area contributed by atoms with E-state index in [1.165, 1.54) is 0 Å². The SMILES string of the molecule is CCC(CC)(CNC(=O)OC(C)(C)C)NC(=O)C1Cc2ccccc2O1. The molecule has 1 aromatic carbocycles. The highest BCUT2D eigenvalue weighted by molar-refractivity contribution is 5.83. The van der Waals surface area contributed by atoms with Crippen molar-refractivity contribution in [2.75, 3.05) is 6.54 Å². The fourth-order valence-electron chi connectivity index (χ4n) is 2.95. The molecule has 0 radical (unpaired) electrons. The van der Waals surface area contributed by atoms with E-state index in [-0.39, 0.29) is 5.91 Å². The maximum Gasteiger partial charge on any atom is 0.407 e. The Balaban J connectivity index is 1.96. The number of ether oxygens (including phenoxy) is 2. The number of rotatable bonds is 6. The molecule has 0 spiro atoms. The Labute approximate surface area is 155 Å². The van der Waals surface area contributed by atoms with E-state index in [9.17, 15) is 9.59 Å². The third kappa shape index (κ3) is 5.13. The molecular weight excluding hydrogens is 332 g/mol. The molecule has 0 aromatic heterocycles. The van der Waals surface area contributed by atoms with Gasteiger partial charge in [-0.05, 0) is 45.2 Å². The zero-order valence-corrected chi connectivity index (χ0v) is 16.3. The summed E-state index contributed by atoms with van der Waals surface area (Å²) in [6.45, 7) is 9.74. The fraction of sp³-hybridized carbons (Fsp3) is 0.600. The van der Waals surface area contributed by atoms with Crippen LogP contribution in [0.2, 0.25) is 0 Å². The molecule has 1 aliphatic heterocycles. The van der Waals surface area contributed by atoms with E-state index in [0.717, 1.165) is 11.3 Å². The van der Waals surface area contributed by atoms with Crippen molar-refractivity contribution in [2.24, 2.45) is 0 Å². The standard InChI is InChI=1S/C20H30N2O4/c1-6-20(7-2,13-21-18(24)26-19(3,4)5)22-17(23)16-12-14-10-8-9-11-15(14)25-16/h8-11,16H,6-7,12-13H2,1-5H3,(H,21,24)(H,22,23). The highest BCUT2D eigenvalue weighted by atomic mass is 16.6. The predicted molar refractivity (Wildman–Crippen MR) is 100 cm³/mol. The van der Waals surface area contributed by atoms with Crippen molar-refractivity contribution in [2.45, 2.75) is 71.1 Å².